The third-order valence-corrected chi connectivity index (χ3v) is 4.56. The van der Waals surface area contributed by atoms with Gasteiger partial charge in [-0.25, -0.2) is 0 Å². The standard InChI is InChI=1S/C18H17Br.C5H12O/c1-13(2)18-7-5-4-6-16(18)12-14(3)15-8-10-17(19)11-9-15;1-3-5(6)4-2/h4-12H,1H2,2-3H3;5-6H,3-4H2,1-2H3/b14-12+;. The molecule has 0 fully saturated rings. The van der Waals surface area contributed by atoms with Crippen molar-refractivity contribution in [2.75, 3.05) is 0 Å². The number of rotatable bonds is 5. The van der Waals surface area contributed by atoms with Crippen molar-refractivity contribution in [1.82, 2.24) is 0 Å². The number of aliphatic hydroxyl groups excluding tert-OH is 1. The number of allylic oxidation sites excluding steroid dienone is 2. The van der Waals surface area contributed by atoms with E-state index in [0.29, 0.717) is 0 Å². The minimum Gasteiger partial charge on any atom is -0.393 e. The van der Waals surface area contributed by atoms with Crippen LogP contribution in [0.5, 0.6) is 0 Å². The Hall–Kier alpha value is -1.64. The lowest BCUT2D eigenvalue weighted by molar-refractivity contribution is 0.166. The second kappa shape index (κ2) is 11.1. The van der Waals surface area contributed by atoms with Crippen molar-refractivity contribution in [2.24, 2.45) is 0 Å². The van der Waals surface area contributed by atoms with E-state index in [0.717, 1.165) is 22.9 Å². The molecule has 0 unspecified atom stereocenters. The predicted octanol–water partition coefficient (Wildman–Crippen LogP) is 7.21. The molecular formula is C23H29BrO. The smallest absolute Gasteiger partial charge is 0.0535 e. The van der Waals surface area contributed by atoms with Crippen LogP contribution in [-0.4, -0.2) is 11.2 Å². The summed E-state index contributed by atoms with van der Waals surface area (Å²) < 4.78 is 1.10. The van der Waals surface area contributed by atoms with Crippen molar-refractivity contribution in [3.8, 4) is 0 Å². The van der Waals surface area contributed by atoms with Crippen LogP contribution in [0.1, 0.15) is 57.2 Å². The van der Waals surface area contributed by atoms with Gasteiger partial charge in [-0.1, -0.05) is 84.4 Å². The van der Waals surface area contributed by atoms with Crippen LogP contribution in [0, 0.1) is 0 Å². The molecule has 1 N–H and O–H groups in total. The van der Waals surface area contributed by atoms with E-state index in [1.807, 2.05) is 20.8 Å². The summed E-state index contributed by atoms with van der Waals surface area (Å²) in [4.78, 5) is 0. The maximum absolute atomic E-state index is 8.67. The van der Waals surface area contributed by atoms with Gasteiger partial charge in [-0.2, -0.15) is 0 Å². The molecule has 0 atom stereocenters. The molecule has 0 aliphatic heterocycles. The average molecular weight is 401 g/mol. The molecule has 134 valence electrons. The molecule has 0 heterocycles. The minimum absolute atomic E-state index is 0.0648. The molecule has 0 aromatic heterocycles. The molecule has 2 aromatic rings. The fraction of sp³-hybridized carbons (Fsp3) is 0.304. The second-order valence-electron chi connectivity index (χ2n) is 6.17. The van der Waals surface area contributed by atoms with E-state index in [9.17, 15) is 0 Å². The number of hydrogen-bond donors (Lipinski definition) is 1. The fourth-order valence-corrected chi connectivity index (χ4v) is 2.59. The van der Waals surface area contributed by atoms with Crippen molar-refractivity contribution < 1.29 is 5.11 Å². The summed E-state index contributed by atoms with van der Waals surface area (Å²) in [6.45, 7) is 12.2. The van der Waals surface area contributed by atoms with Crippen molar-refractivity contribution in [1.29, 1.82) is 0 Å². The van der Waals surface area contributed by atoms with E-state index >= 15 is 0 Å². The molecule has 0 aliphatic rings. The number of hydrogen-bond acceptors (Lipinski definition) is 1. The number of halogens is 1. The van der Waals surface area contributed by atoms with Crippen LogP contribution >= 0.6 is 15.9 Å². The molecule has 1 nitrogen and oxygen atoms in total. The van der Waals surface area contributed by atoms with Crippen LogP contribution < -0.4 is 0 Å². The van der Waals surface area contributed by atoms with Gasteiger partial charge in [-0.15, -0.1) is 0 Å². The lowest BCUT2D eigenvalue weighted by Crippen LogP contribution is -1.99. The second-order valence-corrected chi connectivity index (χ2v) is 7.09. The Balaban J connectivity index is 0.000000450. The van der Waals surface area contributed by atoms with E-state index in [2.05, 4.69) is 84.0 Å². The van der Waals surface area contributed by atoms with Crippen molar-refractivity contribution in [3.05, 3.63) is 76.3 Å². The first-order valence-corrected chi connectivity index (χ1v) is 9.55. The van der Waals surface area contributed by atoms with E-state index in [1.165, 1.54) is 22.3 Å². The first-order chi connectivity index (χ1) is 11.9. The van der Waals surface area contributed by atoms with Crippen molar-refractivity contribution >= 4 is 33.2 Å². The highest BCUT2D eigenvalue weighted by Gasteiger charge is 2.01. The largest absolute Gasteiger partial charge is 0.393 e. The molecule has 0 aliphatic carbocycles. The molecule has 2 aromatic carbocycles. The van der Waals surface area contributed by atoms with E-state index in [1.54, 1.807) is 0 Å². The normalized spacial score (nSPS) is 11.1. The SMILES string of the molecule is C=C(C)c1ccccc1/C=C(\C)c1ccc(Br)cc1.CCC(O)CC. The average Bonchev–Trinajstić information content (AvgIpc) is 2.62. The molecule has 25 heavy (non-hydrogen) atoms. The molecule has 0 spiro atoms. The van der Waals surface area contributed by atoms with Gasteiger partial charge in [-0.3, -0.25) is 0 Å². The van der Waals surface area contributed by atoms with Gasteiger partial charge in [0.15, 0.2) is 0 Å². The molecule has 0 radical (unpaired) electrons. The molecule has 0 bridgehead atoms. The summed E-state index contributed by atoms with van der Waals surface area (Å²) in [5, 5.41) is 8.67. The molecule has 0 saturated carbocycles. The summed E-state index contributed by atoms with van der Waals surface area (Å²) in [5.41, 5.74) is 6.01. The predicted molar refractivity (Wildman–Crippen MR) is 115 cm³/mol. The third kappa shape index (κ3) is 7.41. The Morgan fingerprint density at radius 3 is 2.08 bits per heavy atom. The first kappa shape index (κ1) is 21.4. The maximum atomic E-state index is 8.67. The highest BCUT2D eigenvalue weighted by molar-refractivity contribution is 9.10. The van der Waals surface area contributed by atoms with Gasteiger partial charge in [0, 0.05) is 4.47 Å². The Bertz CT molecular complexity index is 694. The zero-order valence-electron chi connectivity index (χ0n) is 15.7. The fourth-order valence-electron chi connectivity index (χ4n) is 2.33. The van der Waals surface area contributed by atoms with Gasteiger partial charge in [0.1, 0.15) is 0 Å². The van der Waals surface area contributed by atoms with Crippen LogP contribution in [0.3, 0.4) is 0 Å². The number of aliphatic hydroxyl groups is 1. The van der Waals surface area contributed by atoms with Crippen LogP contribution in [-0.2, 0) is 0 Å². The Labute approximate surface area is 161 Å². The van der Waals surface area contributed by atoms with Crippen LogP contribution in [0.4, 0.5) is 0 Å². The van der Waals surface area contributed by atoms with Gasteiger partial charge in [0.05, 0.1) is 6.10 Å². The monoisotopic (exact) mass is 400 g/mol. The Kier molecular flexibility index (Phi) is 9.48. The maximum Gasteiger partial charge on any atom is 0.0535 e. The van der Waals surface area contributed by atoms with Crippen molar-refractivity contribution in [3.63, 3.8) is 0 Å². The summed E-state index contributed by atoms with van der Waals surface area (Å²) in [7, 11) is 0. The summed E-state index contributed by atoms with van der Waals surface area (Å²) in [6, 6.07) is 16.7. The Morgan fingerprint density at radius 1 is 1.04 bits per heavy atom. The van der Waals surface area contributed by atoms with Gasteiger partial charge in [0.2, 0.25) is 0 Å². The summed E-state index contributed by atoms with van der Waals surface area (Å²) >= 11 is 3.46. The zero-order valence-corrected chi connectivity index (χ0v) is 17.3. The van der Waals surface area contributed by atoms with Crippen LogP contribution in [0.15, 0.2) is 59.6 Å². The van der Waals surface area contributed by atoms with Crippen LogP contribution in [0.25, 0.3) is 17.2 Å². The van der Waals surface area contributed by atoms with Gasteiger partial charge < -0.3 is 5.11 Å². The molecule has 0 saturated heterocycles. The van der Waals surface area contributed by atoms with E-state index in [4.69, 9.17) is 5.11 Å². The lowest BCUT2D eigenvalue weighted by Gasteiger charge is -2.07. The Morgan fingerprint density at radius 2 is 1.60 bits per heavy atom. The zero-order chi connectivity index (χ0) is 18.8. The highest BCUT2D eigenvalue weighted by atomic mass is 79.9. The first-order valence-electron chi connectivity index (χ1n) is 8.76. The minimum atomic E-state index is -0.0648. The van der Waals surface area contributed by atoms with E-state index in [-0.39, 0.29) is 6.10 Å². The summed E-state index contributed by atoms with van der Waals surface area (Å²) in [6.07, 6.45) is 3.92. The lowest BCUT2D eigenvalue weighted by atomic mass is 9.98. The highest BCUT2D eigenvalue weighted by Crippen LogP contribution is 2.24. The molecule has 2 rings (SSSR count). The topological polar surface area (TPSA) is 20.2 Å². The van der Waals surface area contributed by atoms with Gasteiger partial charge in [0.25, 0.3) is 0 Å². The van der Waals surface area contributed by atoms with Crippen molar-refractivity contribution in [2.45, 2.75) is 46.6 Å². The van der Waals surface area contributed by atoms with E-state index < -0.39 is 0 Å². The summed E-state index contributed by atoms with van der Waals surface area (Å²) in [5.74, 6) is 0. The van der Waals surface area contributed by atoms with Gasteiger partial charge >= 0.3 is 0 Å². The molecule has 2 heteroatoms. The third-order valence-electron chi connectivity index (χ3n) is 4.03. The molecular weight excluding hydrogens is 372 g/mol. The quantitative estimate of drug-likeness (QED) is 0.525. The number of benzene rings is 2. The molecule has 0 amide bonds. The van der Waals surface area contributed by atoms with Crippen LogP contribution in [0.2, 0.25) is 0 Å². The van der Waals surface area contributed by atoms with Gasteiger partial charge in [-0.05, 0) is 61.1 Å².